The lowest BCUT2D eigenvalue weighted by Crippen LogP contribution is -2.36. The van der Waals surface area contributed by atoms with Crippen molar-refractivity contribution >= 4 is 17.2 Å². The van der Waals surface area contributed by atoms with Gasteiger partial charge in [0, 0.05) is 13.7 Å². The Morgan fingerprint density at radius 2 is 2.44 bits per heavy atom. The van der Waals surface area contributed by atoms with Crippen LogP contribution >= 0.6 is 11.3 Å². The molecule has 0 aliphatic rings. The Bertz CT molecular complexity index is 301. The highest BCUT2D eigenvalue weighted by molar-refractivity contribution is 7.07. The molecule has 0 aliphatic heterocycles. The van der Waals surface area contributed by atoms with Gasteiger partial charge >= 0.3 is 0 Å². The quantitative estimate of drug-likeness (QED) is 0.706. The van der Waals surface area contributed by atoms with Crippen LogP contribution in [0.1, 0.15) is 18.5 Å². The van der Waals surface area contributed by atoms with E-state index in [1.165, 1.54) is 0 Å². The minimum atomic E-state index is 0.00908. The van der Waals surface area contributed by atoms with Gasteiger partial charge in [0.1, 0.15) is 0 Å². The van der Waals surface area contributed by atoms with Gasteiger partial charge in [-0.2, -0.15) is 11.3 Å². The van der Waals surface area contributed by atoms with E-state index in [0.717, 1.165) is 5.56 Å². The molecule has 1 heterocycles. The molecule has 0 spiro atoms. The van der Waals surface area contributed by atoms with Gasteiger partial charge in [-0.25, -0.2) is 0 Å². The highest BCUT2D eigenvalue weighted by Gasteiger charge is 2.08. The van der Waals surface area contributed by atoms with Crippen LogP contribution in [-0.2, 0) is 9.53 Å². The summed E-state index contributed by atoms with van der Waals surface area (Å²) < 4.78 is 4.87. The van der Waals surface area contributed by atoms with E-state index in [4.69, 9.17) is 4.74 Å². The molecule has 16 heavy (non-hydrogen) atoms. The maximum atomic E-state index is 11.5. The van der Waals surface area contributed by atoms with Crippen LogP contribution in [0.3, 0.4) is 0 Å². The second-order valence-electron chi connectivity index (χ2n) is 3.52. The summed E-state index contributed by atoms with van der Waals surface area (Å²) in [6, 6.07) is 2.09. The van der Waals surface area contributed by atoms with Gasteiger partial charge in [0.05, 0.1) is 19.2 Å². The molecule has 4 nitrogen and oxygen atoms in total. The lowest BCUT2D eigenvalue weighted by Gasteiger charge is -2.12. The standard InChI is InChI=1S/C11H18N2O2S/c1-9(10-3-6-16-8-10)13-11(14)7-12-4-5-15-2/h3,6,8-9,12H,4-5,7H2,1-2H3,(H,13,14). The maximum Gasteiger partial charge on any atom is 0.234 e. The summed E-state index contributed by atoms with van der Waals surface area (Å²) in [6.45, 7) is 3.62. The summed E-state index contributed by atoms with van der Waals surface area (Å²) >= 11 is 1.64. The SMILES string of the molecule is COCCNCC(=O)NC(C)c1ccsc1. The molecule has 2 N–H and O–H groups in total. The van der Waals surface area contributed by atoms with Gasteiger partial charge in [-0.15, -0.1) is 0 Å². The Morgan fingerprint density at radius 1 is 1.62 bits per heavy atom. The molecule has 0 radical (unpaired) electrons. The van der Waals surface area contributed by atoms with Gasteiger partial charge in [-0.05, 0) is 29.3 Å². The molecule has 0 aliphatic carbocycles. The average molecular weight is 242 g/mol. The Morgan fingerprint density at radius 3 is 3.06 bits per heavy atom. The molecule has 1 amide bonds. The second kappa shape index (κ2) is 7.38. The lowest BCUT2D eigenvalue weighted by atomic mass is 10.2. The molecule has 1 atom stereocenters. The van der Waals surface area contributed by atoms with E-state index >= 15 is 0 Å². The van der Waals surface area contributed by atoms with E-state index in [1.54, 1.807) is 18.4 Å². The largest absolute Gasteiger partial charge is 0.383 e. The van der Waals surface area contributed by atoms with E-state index in [1.807, 2.05) is 23.8 Å². The van der Waals surface area contributed by atoms with Crippen molar-refractivity contribution in [2.24, 2.45) is 0 Å². The van der Waals surface area contributed by atoms with Gasteiger partial charge in [-0.3, -0.25) is 4.79 Å². The molecule has 0 bridgehead atoms. The number of nitrogens with one attached hydrogen (secondary N) is 2. The van der Waals surface area contributed by atoms with Gasteiger partial charge in [-0.1, -0.05) is 0 Å². The van der Waals surface area contributed by atoms with Crippen LogP contribution in [0.2, 0.25) is 0 Å². The summed E-state index contributed by atoms with van der Waals surface area (Å²) in [6.07, 6.45) is 0. The molecule has 1 unspecified atom stereocenters. The third-order valence-corrected chi connectivity index (χ3v) is 2.89. The molecule has 1 aromatic rings. The lowest BCUT2D eigenvalue weighted by molar-refractivity contribution is -0.120. The van der Waals surface area contributed by atoms with E-state index in [9.17, 15) is 4.79 Å². The van der Waals surface area contributed by atoms with Gasteiger partial charge in [0.15, 0.2) is 0 Å². The zero-order chi connectivity index (χ0) is 11.8. The Kier molecular flexibility index (Phi) is 6.07. The highest BCUT2D eigenvalue weighted by atomic mass is 32.1. The van der Waals surface area contributed by atoms with E-state index < -0.39 is 0 Å². The number of carbonyl (C=O) groups excluding carboxylic acids is 1. The van der Waals surface area contributed by atoms with Crippen LogP contribution in [0.5, 0.6) is 0 Å². The summed E-state index contributed by atoms with van der Waals surface area (Å²) in [4.78, 5) is 11.5. The third kappa shape index (κ3) is 4.74. The van der Waals surface area contributed by atoms with Crippen LogP contribution in [-0.4, -0.2) is 32.7 Å². The number of thiophene rings is 1. The van der Waals surface area contributed by atoms with E-state index in [2.05, 4.69) is 10.6 Å². The van der Waals surface area contributed by atoms with Crippen molar-refractivity contribution in [2.75, 3.05) is 26.8 Å². The van der Waals surface area contributed by atoms with Crippen molar-refractivity contribution in [3.8, 4) is 0 Å². The van der Waals surface area contributed by atoms with E-state index in [-0.39, 0.29) is 11.9 Å². The first-order chi connectivity index (χ1) is 7.74. The van der Waals surface area contributed by atoms with Gasteiger partial charge in [0.2, 0.25) is 5.91 Å². The Hall–Kier alpha value is -0.910. The molecule has 0 saturated carbocycles. The van der Waals surface area contributed by atoms with Crippen LogP contribution in [0, 0.1) is 0 Å². The number of carbonyl (C=O) groups is 1. The molecule has 0 aromatic carbocycles. The van der Waals surface area contributed by atoms with Gasteiger partial charge < -0.3 is 15.4 Å². The molecule has 0 fully saturated rings. The number of amides is 1. The molecule has 1 rings (SSSR count). The molecular weight excluding hydrogens is 224 g/mol. The van der Waals surface area contributed by atoms with Crippen LogP contribution in [0.25, 0.3) is 0 Å². The summed E-state index contributed by atoms with van der Waals surface area (Å²) in [5, 5.41) is 9.98. The highest BCUT2D eigenvalue weighted by Crippen LogP contribution is 2.14. The normalized spacial score (nSPS) is 12.4. The summed E-state index contributed by atoms with van der Waals surface area (Å²) in [5.41, 5.74) is 1.15. The number of ether oxygens (including phenoxy) is 1. The summed E-state index contributed by atoms with van der Waals surface area (Å²) in [7, 11) is 1.64. The fourth-order valence-electron chi connectivity index (χ4n) is 1.27. The molecule has 5 heteroatoms. The number of rotatable bonds is 7. The first kappa shape index (κ1) is 13.2. The van der Waals surface area contributed by atoms with Crippen molar-refractivity contribution in [1.82, 2.24) is 10.6 Å². The monoisotopic (exact) mass is 242 g/mol. The smallest absolute Gasteiger partial charge is 0.234 e. The maximum absolute atomic E-state index is 11.5. The van der Waals surface area contributed by atoms with Crippen molar-refractivity contribution in [1.29, 1.82) is 0 Å². The predicted molar refractivity (Wildman–Crippen MR) is 65.6 cm³/mol. The minimum Gasteiger partial charge on any atom is -0.383 e. The minimum absolute atomic E-state index is 0.00908. The first-order valence-electron chi connectivity index (χ1n) is 5.25. The van der Waals surface area contributed by atoms with E-state index in [0.29, 0.717) is 19.7 Å². The molecule has 1 aromatic heterocycles. The topological polar surface area (TPSA) is 50.4 Å². The van der Waals surface area contributed by atoms with Gasteiger partial charge in [0.25, 0.3) is 0 Å². The van der Waals surface area contributed by atoms with Crippen molar-refractivity contribution in [2.45, 2.75) is 13.0 Å². The Balaban J connectivity index is 2.19. The fraction of sp³-hybridized carbons (Fsp3) is 0.545. The van der Waals surface area contributed by atoms with Crippen molar-refractivity contribution < 1.29 is 9.53 Å². The number of methoxy groups -OCH3 is 1. The van der Waals surface area contributed by atoms with Crippen LogP contribution in [0.4, 0.5) is 0 Å². The average Bonchev–Trinajstić information content (AvgIpc) is 2.77. The molecule has 0 saturated heterocycles. The fourth-order valence-corrected chi connectivity index (χ4v) is 2.03. The number of hydrogen-bond acceptors (Lipinski definition) is 4. The summed E-state index contributed by atoms with van der Waals surface area (Å²) in [5.74, 6) is 0.00908. The second-order valence-corrected chi connectivity index (χ2v) is 4.30. The Labute approximate surface area is 100 Å². The first-order valence-corrected chi connectivity index (χ1v) is 6.19. The molecule has 90 valence electrons. The van der Waals surface area contributed by atoms with Crippen LogP contribution in [0.15, 0.2) is 16.8 Å². The zero-order valence-electron chi connectivity index (χ0n) is 9.66. The zero-order valence-corrected chi connectivity index (χ0v) is 10.5. The van der Waals surface area contributed by atoms with Crippen molar-refractivity contribution in [3.05, 3.63) is 22.4 Å². The third-order valence-electron chi connectivity index (χ3n) is 2.19. The van der Waals surface area contributed by atoms with Crippen molar-refractivity contribution in [3.63, 3.8) is 0 Å². The predicted octanol–water partition coefficient (Wildman–Crippen LogP) is 1.16. The van der Waals surface area contributed by atoms with Crippen LogP contribution < -0.4 is 10.6 Å². The molecular formula is C11H18N2O2S. The number of hydrogen-bond donors (Lipinski definition) is 2.